The number of thiazole rings is 1. The third-order valence-electron chi connectivity index (χ3n) is 4.58. The maximum atomic E-state index is 13.0. The first kappa shape index (κ1) is 23.0. The van der Waals surface area contributed by atoms with Gasteiger partial charge in [0.15, 0.2) is 11.5 Å². The van der Waals surface area contributed by atoms with E-state index in [-0.39, 0.29) is 5.82 Å². The van der Waals surface area contributed by atoms with E-state index in [1.165, 1.54) is 23.5 Å². The Bertz CT molecular complexity index is 1280. The van der Waals surface area contributed by atoms with Crippen molar-refractivity contribution in [1.29, 1.82) is 0 Å². The molecule has 0 radical (unpaired) electrons. The smallest absolute Gasteiger partial charge is 0.203 e. The highest BCUT2D eigenvalue weighted by atomic mass is 35.5. The lowest BCUT2D eigenvalue weighted by atomic mass is 10.2. The van der Waals surface area contributed by atoms with Crippen molar-refractivity contribution in [3.63, 3.8) is 0 Å². The molecule has 0 aliphatic rings. The zero-order chi connectivity index (χ0) is 23.2. The van der Waals surface area contributed by atoms with Crippen LogP contribution in [0.25, 0.3) is 11.3 Å². The third kappa shape index (κ3) is 6.01. The molecule has 1 N–H and O–H groups in total. The zero-order valence-corrected chi connectivity index (χ0v) is 19.7. The summed E-state index contributed by atoms with van der Waals surface area (Å²) in [7, 11) is 1.57. The third-order valence-corrected chi connectivity index (χ3v) is 5.88. The molecule has 0 aliphatic heterocycles. The molecule has 168 valence electrons. The predicted octanol–water partition coefficient (Wildman–Crippen LogP) is 7.29. The normalized spacial score (nSPS) is 11.0. The quantitative estimate of drug-likeness (QED) is 0.203. The van der Waals surface area contributed by atoms with Gasteiger partial charge in [-0.3, -0.25) is 5.43 Å². The van der Waals surface area contributed by atoms with E-state index in [0.29, 0.717) is 33.3 Å². The van der Waals surface area contributed by atoms with Crippen LogP contribution in [-0.4, -0.2) is 18.3 Å². The van der Waals surface area contributed by atoms with Crippen molar-refractivity contribution in [3.8, 4) is 22.8 Å². The largest absolute Gasteiger partial charge is 0.493 e. The Labute approximate surface area is 204 Å². The summed E-state index contributed by atoms with van der Waals surface area (Å²) < 4.78 is 24.3. The number of benzene rings is 3. The molecular weight excluding hydrogens is 484 g/mol. The van der Waals surface area contributed by atoms with E-state index < -0.39 is 0 Å². The molecule has 1 heterocycles. The van der Waals surface area contributed by atoms with E-state index in [1.807, 2.05) is 23.6 Å². The second kappa shape index (κ2) is 10.7. The number of hydrogen-bond acceptors (Lipinski definition) is 6. The van der Waals surface area contributed by atoms with Gasteiger partial charge in [0.1, 0.15) is 12.4 Å². The number of nitrogens with zero attached hydrogens (tertiary/aromatic N) is 2. The number of halogens is 3. The Morgan fingerprint density at radius 1 is 1.06 bits per heavy atom. The Kier molecular flexibility index (Phi) is 7.44. The molecule has 0 atom stereocenters. The van der Waals surface area contributed by atoms with E-state index in [1.54, 1.807) is 43.7 Å². The number of methoxy groups -OCH3 is 1. The average molecular weight is 502 g/mol. The number of aromatic nitrogens is 1. The molecule has 33 heavy (non-hydrogen) atoms. The van der Waals surface area contributed by atoms with Crippen molar-refractivity contribution in [2.24, 2.45) is 5.10 Å². The van der Waals surface area contributed by atoms with Crippen molar-refractivity contribution in [1.82, 2.24) is 4.98 Å². The molecule has 0 bridgehead atoms. The molecular formula is C24H18Cl2FN3O2S. The Morgan fingerprint density at radius 2 is 1.88 bits per heavy atom. The minimum Gasteiger partial charge on any atom is -0.493 e. The van der Waals surface area contributed by atoms with Crippen molar-refractivity contribution in [3.05, 3.63) is 93.0 Å². The molecule has 0 amide bonds. The van der Waals surface area contributed by atoms with Gasteiger partial charge >= 0.3 is 0 Å². The number of anilines is 1. The van der Waals surface area contributed by atoms with Crippen molar-refractivity contribution in [2.45, 2.75) is 6.61 Å². The molecule has 0 fully saturated rings. The van der Waals surface area contributed by atoms with Gasteiger partial charge in [0.2, 0.25) is 5.13 Å². The summed E-state index contributed by atoms with van der Waals surface area (Å²) in [6.45, 7) is 0.301. The summed E-state index contributed by atoms with van der Waals surface area (Å²) in [5, 5.41) is 7.88. The van der Waals surface area contributed by atoms with Crippen LogP contribution in [0.5, 0.6) is 11.5 Å². The Morgan fingerprint density at radius 3 is 2.64 bits per heavy atom. The molecule has 0 aliphatic carbocycles. The van der Waals surface area contributed by atoms with Gasteiger partial charge in [0.25, 0.3) is 0 Å². The molecule has 1 aromatic heterocycles. The monoisotopic (exact) mass is 501 g/mol. The summed E-state index contributed by atoms with van der Waals surface area (Å²) in [5.41, 5.74) is 6.13. The molecule has 0 spiro atoms. The van der Waals surface area contributed by atoms with E-state index in [9.17, 15) is 4.39 Å². The first-order valence-corrected chi connectivity index (χ1v) is 11.4. The lowest BCUT2D eigenvalue weighted by molar-refractivity contribution is 0.284. The molecule has 3 aromatic carbocycles. The van der Waals surface area contributed by atoms with Crippen LogP contribution in [0.4, 0.5) is 9.52 Å². The van der Waals surface area contributed by atoms with Crippen molar-refractivity contribution in [2.75, 3.05) is 12.5 Å². The Balaban J connectivity index is 1.39. The zero-order valence-electron chi connectivity index (χ0n) is 17.4. The van der Waals surface area contributed by atoms with Crippen LogP contribution in [0.3, 0.4) is 0 Å². The average Bonchev–Trinajstić information content (AvgIpc) is 3.27. The summed E-state index contributed by atoms with van der Waals surface area (Å²) >= 11 is 13.6. The summed E-state index contributed by atoms with van der Waals surface area (Å²) in [6, 6.07) is 16.9. The van der Waals surface area contributed by atoms with Crippen LogP contribution in [0.1, 0.15) is 11.1 Å². The van der Waals surface area contributed by atoms with Crippen molar-refractivity contribution >= 4 is 45.9 Å². The maximum absolute atomic E-state index is 13.0. The van der Waals surface area contributed by atoms with E-state index in [4.69, 9.17) is 32.7 Å². The highest BCUT2D eigenvalue weighted by Gasteiger charge is 2.09. The van der Waals surface area contributed by atoms with Crippen LogP contribution in [-0.2, 0) is 6.61 Å². The van der Waals surface area contributed by atoms with Crippen LogP contribution < -0.4 is 14.9 Å². The Hall–Kier alpha value is -3.13. The summed E-state index contributed by atoms with van der Waals surface area (Å²) in [6.07, 6.45) is 1.66. The van der Waals surface area contributed by atoms with Gasteiger partial charge in [-0.25, -0.2) is 9.37 Å². The maximum Gasteiger partial charge on any atom is 0.203 e. The fraction of sp³-hybridized carbons (Fsp3) is 0.0833. The van der Waals surface area contributed by atoms with Crippen LogP contribution in [0, 0.1) is 5.82 Å². The lowest BCUT2D eigenvalue weighted by Crippen LogP contribution is -1.99. The number of hydrazone groups is 1. The van der Waals surface area contributed by atoms with Gasteiger partial charge < -0.3 is 9.47 Å². The number of ether oxygens (including phenoxy) is 2. The summed E-state index contributed by atoms with van der Waals surface area (Å²) in [5.74, 6) is 0.864. The summed E-state index contributed by atoms with van der Waals surface area (Å²) in [4.78, 5) is 4.51. The first-order valence-electron chi connectivity index (χ1n) is 9.77. The van der Waals surface area contributed by atoms with Gasteiger partial charge in [0, 0.05) is 16.0 Å². The number of nitrogens with one attached hydrogen (secondary N) is 1. The highest BCUT2D eigenvalue weighted by Crippen LogP contribution is 2.32. The molecule has 0 unspecified atom stereocenters. The number of hydrogen-bond donors (Lipinski definition) is 1. The molecule has 4 rings (SSSR count). The van der Waals surface area contributed by atoms with E-state index in [2.05, 4.69) is 15.5 Å². The number of rotatable bonds is 8. The van der Waals surface area contributed by atoms with Gasteiger partial charge in [-0.2, -0.15) is 5.10 Å². The molecule has 0 saturated carbocycles. The van der Waals surface area contributed by atoms with Gasteiger partial charge in [-0.15, -0.1) is 11.3 Å². The van der Waals surface area contributed by atoms with Crippen LogP contribution in [0.2, 0.25) is 10.0 Å². The first-order chi connectivity index (χ1) is 16.0. The van der Waals surface area contributed by atoms with Gasteiger partial charge in [-0.1, -0.05) is 35.3 Å². The SMILES string of the molecule is COc1cc(C=NNc2nc(-c3ccc(Cl)cc3Cl)cs2)ccc1OCc1ccc(F)cc1. The van der Waals surface area contributed by atoms with E-state index >= 15 is 0 Å². The molecule has 4 aromatic rings. The molecule has 0 saturated heterocycles. The molecule has 9 heteroatoms. The van der Waals surface area contributed by atoms with Crippen LogP contribution >= 0.6 is 34.5 Å². The van der Waals surface area contributed by atoms with Crippen molar-refractivity contribution < 1.29 is 13.9 Å². The standard InChI is InChI=1S/C24H18Cl2FN3O2S/c1-31-23-10-16(4-9-22(23)32-13-15-2-6-18(27)7-3-15)12-28-30-24-29-21(14-33-24)19-8-5-17(25)11-20(19)26/h2-12,14H,13H2,1H3,(H,29,30). The van der Waals surface area contributed by atoms with Gasteiger partial charge in [0.05, 0.1) is 24.0 Å². The highest BCUT2D eigenvalue weighted by molar-refractivity contribution is 7.14. The van der Waals surface area contributed by atoms with E-state index in [0.717, 1.165) is 22.4 Å². The fourth-order valence-electron chi connectivity index (χ4n) is 2.93. The topological polar surface area (TPSA) is 55.7 Å². The fourth-order valence-corrected chi connectivity index (χ4v) is 4.10. The van der Waals surface area contributed by atoms with Crippen LogP contribution in [0.15, 0.2) is 71.1 Å². The predicted molar refractivity (Wildman–Crippen MR) is 133 cm³/mol. The van der Waals surface area contributed by atoms with Gasteiger partial charge in [-0.05, 0) is 59.7 Å². The second-order valence-electron chi connectivity index (χ2n) is 6.86. The minimum absolute atomic E-state index is 0.281. The molecule has 5 nitrogen and oxygen atoms in total. The minimum atomic E-state index is -0.281. The lowest BCUT2D eigenvalue weighted by Gasteiger charge is -2.11. The second-order valence-corrected chi connectivity index (χ2v) is 8.56.